The van der Waals surface area contributed by atoms with Crippen LogP contribution in [0.2, 0.25) is 0 Å². The van der Waals surface area contributed by atoms with Gasteiger partial charge in [0, 0.05) is 25.8 Å². The van der Waals surface area contributed by atoms with E-state index in [1.54, 1.807) is 13.0 Å². The molecule has 9 nitrogen and oxygen atoms in total. The molecule has 0 fully saturated rings. The van der Waals surface area contributed by atoms with E-state index in [1.165, 1.54) is 12.1 Å². The zero-order chi connectivity index (χ0) is 25.7. The van der Waals surface area contributed by atoms with Gasteiger partial charge in [0.25, 0.3) is 0 Å². The Morgan fingerprint density at radius 2 is 1.50 bits per heavy atom. The molecule has 190 valence electrons. The SMILES string of the molecule is CCCC(=O)Oc1ccc(C[C@H](NCC(C)OC(=O)CC(C)C)C(=O)O)cc1OC(=O)CCC. The summed E-state index contributed by atoms with van der Waals surface area (Å²) in [5.41, 5.74) is 0.568. The molecule has 1 aromatic carbocycles. The predicted molar refractivity (Wildman–Crippen MR) is 126 cm³/mol. The second kappa shape index (κ2) is 15.1. The maximum atomic E-state index is 12.0. The minimum Gasteiger partial charge on any atom is -0.480 e. The molecular weight excluding hydrogens is 442 g/mol. The molecule has 0 radical (unpaired) electrons. The number of nitrogens with one attached hydrogen (secondary N) is 1. The smallest absolute Gasteiger partial charge is 0.321 e. The number of ether oxygens (including phenoxy) is 3. The normalized spacial score (nSPS) is 12.6. The van der Waals surface area contributed by atoms with Crippen LogP contribution in [-0.2, 0) is 30.3 Å². The van der Waals surface area contributed by atoms with Crippen LogP contribution in [0.4, 0.5) is 0 Å². The monoisotopic (exact) mass is 479 g/mol. The Morgan fingerprint density at radius 3 is 2.03 bits per heavy atom. The largest absolute Gasteiger partial charge is 0.480 e. The van der Waals surface area contributed by atoms with Crippen molar-refractivity contribution in [1.29, 1.82) is 0 Å². The number of rotatable bonds is 15. The number of carbonyl (C=O) groups is 4. The number of carboxylic acids is 1. The molecule has 0 aliphatic heterocycles. The standard InChI is InChI=1S/C25H37NO8/c1-6-8-22(27)33-20-11-10-18(14-21(20)34-23(28)9-7-2)13-19(25(30)31)26-15-17(5)32-24(29)12-16(3)4/h10-11,14,16-17,19,26H,6-9,12-13,15H2,1-5H3,(H,30,31)/t17?,19-/m0/s1. The molecular formula is C25H37NO8. The summed E-state index contributed by atoms with van der Waals surface area (Å²) in [6, 6.07) is 3.65. The number of carbonyl (C=O) groups excluding carboxylic acids is 3. The average molecular weight is 480 g/mol. The predicted octanol–water partition coefficient (Wildman–Crippen LogP) is 3.66. The van der Waals surface area contributed by atoms with Crippen LogP contribution >= 0.6 is 0 Å². The van der Waals surface area contributed by atoms with Crippen LogP contribution in [-0.4, -0.2) is 47.7 Å². The lowest BCUT2D eigenvalue weighted by atomic mass is 10.0. The maximum Gasteiger partial charge on any atom is 0.321 e. The Morgan fingerprint density at radius 1 is 0.912 bits per heavy atom. The van der Waals surface area contributed by atoms with Crippen molar-refractivity contribution in [3.63, 3.8) is 0 Å². The van der Waals surface area contributed by atoms with E-state index in [1.807, 2.05) is 27.7 Å². The summed E-state index contributed by atoms with van der Waals surface area (Å²) in [5.74, 6) is -1.99. The van der Waals surface area contributed by atoms with Crippen LogP contribution in [0.3, 0.4) is 0 Å². The van der Waals surface area contributed by atoms with Crippen molar-refractivity contribution in [2.75, 3.05) is 6.54 Å². The number of aliphatic carboxylic acids is 1. The summed E-state index contributed by atoms with van der Waals surface area (Å²) in [5, 5.41) is 12.5. The lowest BCUT2D eigenvalue weighted by Gasteiger charge is -2.19. The molecule has 2 atom stereocenters. The Bertz CT molecular complexity index is 836. The fraction of sp³-hybridized carbons (Fsp3) is 0.600. The molecule has 1 aromatic rings. The number of esters is 3. The Balaban J connectivity index is 2.92. The first kappa shape index (κ1) is 29.1. The molecule has 1 rings (SSSR count). The van der Waals surface area contributed by atoms with Gasteiger partial charge in [-0.25, -0.2) is 0 Å². The van der Waals surface area contributed by atoms with Crippen LogP contribution in [0, 0.1) is 5.92 Å². The van der Waals surface area contributed by atoms with Crippen molar-refractivity contribution in [1.82, 2.24) is 5.32 Å². The molecule has 1 unspecified atom stereocenters. The van der Waals surface area contributed by atoms with Gasteiger partial charge >= 0.3 is 23.9 Å². The molecule has 34 heavy (non-hydrogen) atoms. The van der Waals surface area contributed by atoms with E-state index in [9.17, 15) is 24.3 Å². The third-order valence-electron chi connectivity index (χ3n) is 4.66. The first-order valence-electron chi connectivity index (χ1n) is 11.8. The Labute approximate surface area is 201 Å². The van der Waals surface area contributed by atoms with Crippen molar-refractivity contribution >= 4 is 23.9 Å². The van der Waals surface area contributed by atoms with Gasteiger partial charge in [0.15, 0.2) is 11.5 Å². The first-order valence-corrected chi connectivity index (χ1v) is 11.8. The highest BCUT2D eigenvalue weighted by atomic mass is 16.6. The zero-order valence-electron chi connectivity index (χ0n) is 20.7. The number of hydrogen-bond acceptors (Lipinski definition) is 8. The Hall–Kier alpha value is -2.94. The molecule has 0 spiro atoms. The summed E-state index contributed by atoms with van der Waals surface area (Å²) in [6.45, 7) is 9.35. The summed E-state index contributed by atoms with van der Waals surface area (Å²) in [6.07, 6.45) is 1.48. The van der Waals surface area contributed by atoms with Gasteiger partial charge in [-0.2, -0.15) is 0 Å². The van der Waals surface area contributed by atoms with Gasteiger partial charge in [-0.3, -0.25) is 19.2 Å². The second-order valence-electron chi connectivity index (χ2n) is 8.63. The average Bonchev–Trinajstić information content (AvgIpc) is 2.72. The summed E-state index contributed by atoms with van der Waals surface area (Å²) < 4.78 is 16.0. The molecule has 0 aliphatic carbocycles. The summed E-state index contributed by atoms with van der Waals surface area (Å²) in [4.78, 5) is 47.6. The fourth-order valence-corrected chi connectivity index (χ4v) is 3.04. The molecule has 0 heterocycles. The van der Waals surface area contributed by atoms with Gasteiger partial charge in [-0.15, -0.1) is 0 Å². The van der Waals surface area contributed by atoms with Gasteiger partial charge in [-0.1, -0.05) is 33.8 Å². The lowest BCUT2D eigenvalue weighted by molar-refractivity contribution is -0.149. The van der Waals surface area contributed by atoms with Gasteiger partial charge in [0.05, 0.1) is 0 Å². The van der Waals surface area contributed by atoms with Gasteiger partial charge in [0.1, 0.15) is 12.1 Å². The minimum atomic E-state index is -1.08. The van der Waals surface area contributed by atoms with Crippen molar-refractivity contribution in [2.45, 2.75) is 85.3 Å². The van der Waals surface area contributed by atoms with E-state index in [0.29, 0.717) is 24.8 Å². The second-order valence-corrected chi connectivity index (χ2v) is 8.63. The first-order chi connectivity index (χ1) is 16.0. The number of benzene rings is 1. The van der Waals surface area contributed by atoms with E-state index in [0.717, 1.165) is 0 Å². The van der Waals surface area contributed by atoms with E-state index in [2.05, 4.69) is 5.32 Å². The van der Waals surface area contributed by atoms with Crippen LogP contribution in [0.15, 0.2) is 18.2 Å². The van der Waals surface area contributed by atoms with E-state index in [-0.39, 0.29) is 49.2 Å². The molecule has 0 bridgehead atoms. The maximum absolute atomic E-state index is 12.0. The highest BCUT2D eigenvalue weighted by Crippen LogP contribution is 2.30. The topological polar surface area (TPSA) is 128 Å². The van der Waals surface area contributed by atoms with Crippen molar-refractivity contribution in [3.05, 3.63) is 23.8 Å². The fourth-order valence-electron chi connectivity index (χ4n) is 3.04. The number of hydrogen-bond donors (Lipinski definition) is 2. The molecule has 0 aliphatic rings. The molecule has 0 amide bonds. The molecule has 0 saturated heterocycles. The van der Waals surface area contributed by atoms with E-state index in [4.69, 9.17) is 14.2 Å². The van der Waals surface area contributed by atoms with Crippen molar-refractivity contribution in [3.8, 4) is 11.5 Å². The van der Waals surface area contributed by atoms with E-state index < -0.39 is 30.1 Å². The zero-order valence-corrected chi connectivity index (χ0v) is 20.7. The van der Waals surface area contributed by atoms with Gasteiger partial charge < -0.3 is 24.6 Å². The van der Waals surface area contributed by atoms with Gasteiger partial charge in [-0.05, 0) is 49.8 Å². The number of carboxylic acid groups (broad SMARTS) is 1. The molecule has 0 saturated carbocycles. The van der Waals surface area contributed by atoms with Gasteiger partial charge in [0.2, 0.25) is 0 Å². The van der Waals surface area contributed by atoms with Crippen LogP contribution in [0.5, 0.6) is 11.5 Å². The van der Waals surface area contributed by atoms with Crippen molar-refractivity contribution < 1.29 is 38.5 Å². The lowest BCUT2D eigenvalue weighted by Crippen LogP contribution is -2.42. The quantitative estimate of drug-likeness (QED) is 0.286. The van der Waals surface area contributed by atoms with E-state index >= 15 is 0 Å². The third-order valence-corrected chi connectivity index (χ3v) is 4.66. The molecule has 0 aromatic heterocycles. The summed E-state index contributed by atoms with van der Waals surface area (Å²) >= 11 is 0. The van der Waals surface area contributed by atoms with Crippen LogP contribution < -0.4 is 14.8 Å². The van der Waals surface area contributed by atoms with Crippen LogP contribution in [0.25, 0.3) is 0 Å². The molecule has 2 N–H and O–H groups in total. The van der Waals surface area contributed by atoms with Crippen LogP contribution in [0.1, 0.15) is 72.3 Å². The highest BCUT2D eigenvalue weighted by molar-refractivity contribution is 5.77. The summed E-state index contributed by atoms with van der Waals surface area (Å²) in [7, 11) is 0. The van der Waals surface area contributed by atoms with Crippen molar-refractivity contribution in [2.24, 2.45) is 5.92 Å². The minimum absolute atomic E-state index is 0.0699. The molecule has 9 heteroatoms. The Kier molecular flexibility index (Phi) is 12.9. The third kappa shape index (κ3) is 11.3. The highest BCUT2D eigenvalue weighted by Gasteiger charge is 2.22.